The van der Waals surface area contributed by atoms with E-state index in [4.69, 9.17) is 4.74 Å². The van der Waals surface area contributed by atoms with Crippen molar-refractivity contribution in [2.75, 3.05) is 25.1 Å². The van der Waals surface area contributed by atoms with Gasteiger partial charge in [-0.2, -0.15) is 13.2 Å². The van der Waals surface area contributed by atoms with E-state index < -0.39 is 30.7 Å². The molecule has 0 radical (unpaired) electrons. The highest BCUT2D eigenvalue weighted by molar-refractivity contribution is 6.04. The molecule has 1 fully saturated rings. The van der Waals surface area contributed by atoms with E-state index in [1.807, 2.05) is 0 Å². The summed E-state index contributed by atoms with van der Waals surface area (Å²) in [6, 6.07) is 6.24. The van der Waals surface area contributed by atoms with Crippen LogP contribution in [0.5, 0.6) is 0 Å². The molecule has 0 saturated carbocycles. The van der Waals surface area contributed by atoms with E-state index in [9.17, 15) is 22.8 Å². The third kappa shape index (κ3) is 6.30. The maximum atomic E-state index is 12.3. The third-order valence-electron chi connectivity index (χ3n) is 3.81. The maximum absolute atomic E-state index is 12.3. The molecule has 0 aromatic heterocycles. The van der Waals surface area contributed by atoms with Gasteiger partial charge < -0.3 is 20.1 Å². The number of ether oxygens (including phenoxy) is 2. The van der Waals surface area contributed by atoms with Gasteiger partial charge in [0.2, 0.25) is 0 Å². The van der Waals surface area contributed by atoms with E-state index in [1.54, 1.807) is 12.1 Å². The second-order valence-corrected chi connectivity index (χ2v) is 5.95. The van der Waals surface area contributed by atoms with Gasteiger partial charge in [0.05, 0.1) is 17.4 Å². The first-order chi connectivity index (χ1) is 12.3. The van der Waals surface area contributed by atoms with Crippen molar-refractivity contribution < 1.29 is 32.2 Å². The van der Waals surface area contributed by atoms with Gasteiger partial charge in [-0.15, -0.1) is 0 Å². The van der Waals surface area contributed by atoms with Crippen LogP contribution in [-0.4, -0.2) is 50.0 Å². The summed E-state index contributed by atoms with van der Waals surface area (Å²) in [6.07, 6.45) is -4.05. The normalized spacial score (nSPS) is 18.4. The number of hydrogen-bond donors (Lipinski definition) is 2. The summed E-state index contributed by atoms with van der Waals surface area (Å²) in [5.41, 5.74) is 0.409. The molecular formula is C17H21F3N2O4. The van der Waals surface area contributed by atoms with E-state index in [1.165, 1.54) is 19.1 Å². The summed E-state index contributed by atoms with van der Waals surface area (Å²) in [6.45, 7) is 0.710. The number of hydrogen-bond acceptors (Lipinski definition) is 4. The van der Waals surface area contributed by atoms with Crippen LogP contribution in [0, 0.1) is 0 Å². The summed E-state index contributed by atoms with van der Waals surface area (Å²) in [4.78, 5) is 24.3. The Labute approximate surface area is 149 Å². The van der Waals surface area contributed by atoms with Gasteiger partial charge in [0.15, 0.2) is 0 Å². The zero-order chi connectivity index (χ0) is 19.2. The van der Waals surface area contributed by atoms with E-state index in [0.717, 1.165) is 12.8 Å². The van der Waals surface area contributed by atoms with Crippen LogP contribution in [0.2, 0.25) is 0 Å². The number of alkyl halides is 3. The van der Waals surface area contributed by atoms with E-state index in [2.05, 4.69) is 15.4 Å². The first-order valence-corrected chi connectivity index (χ1v) is 8.24. The quantitative estimate of drug-likeness (QED) is 0.769. The second kappa shape index (κ2) is 9.00. The number of carbonyl (C=O) groups excluding carboxylic acids is 2. The molecule has 1 heterocycles. The maximum Gasteiger partial charge on any atom is 0.411 e. The minimum atomic E-state index is -4.52. The number of rotatable bonds is 7. The lowest BCUT2D eigenvalue weighted by Gasteiger charge is -2.17. The number of nitrogens with one attached hydrogen (secondary N) is 2. The molecule has 2 rings (SSSR count). The van der Waals surface area contributed by atoms with Crippen LogP contribution >= 0.6 is 0 Å². The summed E-state index contributed by atoms with van der Waals surface area (Å²) in [7, 11) is 0. The van der Waals surface area contributed by atoms with Crippen molar-refractivity contribution in [2.24, 2.45) is 0 Å². The fourth-order valence-corrected chi connectivity index (χ4v) is 2.43. The topological polar surface area (TPSA) is 76.7 Å². The highest BCUT2D eigenvalue weighted by atomic mass is 19.4. The highest BCUT2D eigenvalue weighted by Crippen LogP contribution is 2.18. The average Bonchev–Trinajstić information content (AvgIpc) is 3.10. The smallest absolute Gasteiger partial charge is 0.376 e. The molecule has 6 nitrogen and oxygen atoms in total. The highest BCUT2D eigenvalue weighted by Gasteiger charge is 2.30. The van der Waals surface area contributed by atoms with Crippen LogP contribution in [-0.2, 0) is 14.3 Å². The second-order valence-electron chi connectivity index (χ2n) is 5.95. The Bertz CT molecular complexity index is 631. The Kier molecular flexibility index (Phi) is 6.98. The van der Waals surface area contributed by atoms with Crippen LogP contribution in [0.15, 0.2) is 24.3 Å². The molecule has 0 spiro atoms. The minimum absolute atomic E-state index is 0.0310. The van der Waals surface area contributed by atoms with Crippen molar-refractivity contribution in [3.8, 4) is 0 Å². The number of benzene rings is 1. The molecule has 1 saturated heterocycles. The number of amides is 2. The van der Waals surface area contributed by atoms with Gasteiger partial charge in [-0.3, -0.25) is 9.59 Å². The summed E-state index contributed by atoms with van der Waals surface area (Å²) >= 11 is 0. The van der Waals surface area contributed by atoms with E-state index >= 15 is 0 Å². The molecule has 144 valence electrons. The van der Waals surface area contributed by atoms with Crippen LogP contribution < -0.4 is 10.6 Å². The molecule has 2 amide bonds. The molecule has 0 unspecified atom stereocenters. The lowest BCUT2D eigenvalue weighted by molar-refractivity contribution is -0.184. The first kappa shape index (κ1) is 20.2. The number of halogens is 3. The molecule has 1 aromatic carbocycles. The molecule has 1 aromatic rings. The average molecular weight is 374 g/mol. The Hall–Kier alpha value is -2.13. The number of para-hydroxylation sites is 1. The molecule has 1 aliphatic rings. The van der Waals surface area contributed by atoms with Crippen molar-refractivity contribution in [3.05, 3.63) is 29.8 Å². The third-order valence-corrected chi connectivity index (χ3v) is 3.81. The Morgan fingerprint density at radius 1 is 1.35 bits per heavy atom. The number of anilines is 1. The fourth-order valence-electron chi connectivity index (χ4n) is 2.43. The molecular weight excluding hydrogens is 353 g/mol. The molecule has 0 bridgehead atoms. The summed E-state index contributed by atoms with van der Waals surface area (Å²) in [5, 5.41) is 5.17. The van der Waals surface area contributed by atoms with Crippen molar-refractivity contribution in [1.29, 1.82) is 0 Å². The van der Waals surface area contributed by atoms with Gasteiger partial charge in [-0.05, 0) is 31.9 Å². The number of carbonyl (C=O) groups is 2. The summed E-state index contributed by atoms with van der Waals surface area (Å²) < 4.78 is 46.4. The molecule has 1 aliphatic heterocycles. The van der Waals surface area contributed by atoms with Gasteiger partial charge in [0, 0.05) is 13.2 Å². The Morgan fingerprint density at radius 3 is 2.73 bits per heavy atom. The van der Waals surface area contributed by atoms with Crippen molar-refractivity contribution in [1.82, 2.24) is 5.32 Å². The SMILES string of the molecule is C[C@H](OCC(F)(F)F)C(=O)Nc1ccccc1C(=O)NC[C@H]1CCCO1. The van der Waals surface area contributed by atoms with E-state index in [0.29, 0.717) is 13.2 Å². The molecule has 26 heavy (non-hydrogen) atoms. The largest absolute Gasteiger partial charge is 0.411 e. The van der Waals surface area contributed by atoms with Gasteiger partial charge in [-0.1, -0.05) is 12.1 Å². The molecule has 9 heteroatoms. The molecule has 0 aliphatic carbocycles. The van der Waals surface area contributed by atoms with Crippen molar-refractivity contribution in [2.45, 2.75) is 38.1 Å². The first-order valence-electron chi connectivity index (χ1n) is 8.24. The Morgan fingerprint density at radius 2 is 2.08 bits per heavy atom. The Balaban J connectivity index is 1.94. The lowest BCUT2D eigenvalue weighted by atomic mass is 10.1. The molecule has 2 N–H and O–H groups in total. The fraction of sp³-hybridized carbons (Fsp3) is 0.529. The van der Waals surface area contributed by atoms with Gasteiger partial charge in [-0.25, -0.2) is 0 Å². The van der Waals surface area contributed by atoms with Crippen LogP contribution in [0.1, 0.15) is 30.1 Å². The zero-order valence-electron chi connectivity index (χ0n) is 14.3. The van der Waals surface area contributed by atoms with Crippen LogP contribution in [0.4, 0.5) is 18.9 Å². The predicted octanol–water partition coefficient (Wildman–Crippen LogP) is 2.50. The van der Waals surface area contributed by atoms with Crippen molar-refractivity contribution >= 4 is 17.5 Å². The van der Waals surface area contributed by atoms with Gasteiger partial charge >= 0.3 is 6.18 Å². The lowest BCUT2D eigenvalue weighted by Crippen LogP contribution is -2.34. The monoisotopic (exact) mass is 374 g/mol. The standard InChI is InChI=1S/C17H21F3N2O4/c1-11(26-10-17(18,19)20)15(23)22-14-7-3-2-6-13(14)16(24)21-9-12-5-4-8-25-12/h2-3,6-7,11-12H,4-5,8-10H2,1H3,(H,21,24)(H,22,23)/t11-,12+/m0/s1. The zero-order valence-corrected chi connectivity index (χ0v) is 14.3. The summed E-state index contributed by atoms with van der Waals surface area (Å²) in [5.74, 6) is -1.17. The van der Waals surface area contributed by atoms with Crippen LogP contribution in [0.3, 0.4) is 0 Å². The molecule has 2 atom stereocenters. The minimum Gasteiger partial charge on any atom is -0.376 e. The van der Waals surface area contributed by atoms with E-state index in [-0.39, 0.29) is 17.4 Å². The van der Waals surface area contributed by atoms with Crippen molar-refractivity contribution in [3.63, 3.8) is 0 Å². The van der Waals surface area contributed by atoms with Gasteiger partial charge in [0.25, 0.3) is 11.8 Å². The van der Waals surface area contributed by atoms with Gasteiger partial charge in [0.1, 0.15) is 12.7 Å². The van der Waals surface area contributed by atoms with Crippen LogP contribution in [0.25, 0.3) is 0 Å². The predicted molar refractivity (Wildman–Crippen MR) is 87.8 cm³/mol.